The first kappa shape index (κ1) is 16.8. The molecule has 0 radical (unpaired) electrons. The fraction of sp³-hybridized carbons (Fsp3) is 0.278. The quantitative estimate of drug-likeness (QED) is 0.913. The monoisotopic (exact) mass is 316 g/mol. The zero-order chi connectivity index (χ0) is 16.8. The molecule has 0 saturated heterocycles. The average Bonchev–Trinajstić information content (AvgIpc) is 2.59. The predicted molar refractivity (Wildman–Crippen MR) is 87.8 cm³/mol. The lowest BCUT2D eigenvalue weighted by molar-refractivity contribution is 0.194. The van der Waals surface area contributed by atoms with Gasteiger partial charge in [-0.3, -0.25) is 0 Å². The molecular formula is C18H21FN2O2. The summed E-state index contributed by atoms with van der Waals surface area (Å²) in [4.78, 5) is 13.9. The van der Waals surface area contributed by atoms with Crippen LogP contribution in [-0.2, 0) is 6.54 Å². The smallest absolute Gasteiger partial charge is 0.317 e. The lowest BCUT2D eigenvalue weighted by Gasteiger charge is -2.25. The largest absolute Gasteiger partial charge is 0.497 e. The van der Waals surface area contributed by atoms with Crippen LogP contribution in [0.3, 0.4) is 0 Å². The highest BCUT2D eigenvalue weighted by Gasteiger charge is 2.17. The number of ether oxygens (including phenoxy) is 1. The Balaban J connectivity index is 1.95. The Labute approximate surface area is 135 Å². The van der Waals surface area contributed by atoms with Crippen molar-refractivity contribution in [1.82, 2.24) is 10.2 Å². The fourth-order valence-corrected chi connectivity index (χ4v) is 2.23. The Kier molecular flexibility index (Phi) is 5.57. The predicted octanol–water partition coefficient (Wildman–Crippen LogP) is 3.74. The van der Waals surface area contributed by atoms with E-state index in [1.807, 2.05) is 31.2 Å². The highest BCUT2D eigenvalue weighted by Crippen LogP contribution is 2.19. The zero-order valence-corrected chi connectivity index (χ0v) is 13.5. The summed E-state index contributed by atoms with van der Waals surface area (Å²) in [5, 5.41) is 2.87. The van der Waals surface area contributed by atoms with Gasteiger partial charge in [-0.15, -0.1) is 0 Å². The van der Waals surface area contributed by atoms with Gasteiger partial charge in [-0.25, -0.2) is 9.18 Å². The van der Waals surface area contributed by atoms with E-state index in [-0.39, 0.29) is 17.9 Å². The van der Waals surface area contributed by atoms with Crippen LogP contribution in [0.1, 0.15) is 24.1 Å². The van der Waals surface area contributed by atoms with Crippen LogP contribution >= 0.6 is 0 Å². The van der Waals surface area contributed by atoms with Crippen LogP contribution in [0.25, 0.3) is 0 Å². The summed E-state index contributed by atoms with van der Waals surface area (Å²) in [6.45, 7) is 2.31. The van der Waals surface area contributed by atoms with Crippen LogP contribution in [-0.4, -0.2) is 25.1 Å². The maximum atomic E-state index is 13.0. The van der Waals surface area contributed by atoms with Gasteiger partial charge in [0.1, 0.15) is 11.6 Å². The standard InChI is InChI=1S/C18H21FN2O2/c1-13(15-7-9-16(19)10-8-15)21(2)18(22)20-12-14-5-4-6-17(11-14)23-3/h4-11,13H,12H2,1-3H3,(H,20,22)/t13-/m1/s1. The number of carbonyl (C=O) groups is 1. The van der Waals surface area contributed by atoms with Crippen LogP contribution in [0.4, 0.5) is 9.18 Å². The van der Waals surface area contributed by atoms with E-state index >= 15 is 0 Å². The third-order valence-corrected chi connectivity index (χ3v) is 3.83. The molecule has 2 aromatic carbocycles. The number of nitrogens with zero attached hydrogens (tertiary/aromatic N) is 1. The van der Waals surface area contributed by atoms with Crippen LogP contribution in [0.5, 0.6) is 5.75 Å². The van der Waals surface area contributed by atoms with Crippen molar-refractivity contribution in [3.63, 3.8) is 0 Å². The highest BCUT2D eigenvalue weighted by atomic mass is 19.1. The maximum Gasteiger partial charge on any atom is 0.317 e. The molecule has 2 rings (SSSR count). The van der Waals surface area contributed by atoms with Gasteiger partial charge in [0.15, 0.2) is 0 Å². The number of amides is 2. The molecule has 0 aliphatic carbocycles. The zero-order valence-electron chi connectivity index (χ0n) is 13.5. The van der Waals surface area contributed by atoms with E-state index in [1.54, 1.807) is 31.2 Å². The second-order valence-electron chi connectivity index (χ2n) is 5.35. The molecule has 0 unspecified atom stereocenters. The van der Waals surface area contributed by atoms with Gasteiger partial charge in [-0.2, -0.15) is 0 Å². The summed E-state index contributed by atoms with van der Waals surface area (Å²) in [7, 11) is 3.32. The molecule has 2 amide bonds. The molecule has 122 valence electrons. The van der Waals surface area contributed by atoms with E-state index in [2.05, 4.69) is 5.32 Å². The van der Waals surface area contributed by atoms with Gasteiger partial charge < -0.3 is 15.0 Å². The molecule has 0 fully saturated rings. The Hall–Kier alpha value is -2.56. The SMILES string of the molecule is COc1cccc(CNC(=O)N(C)[C@H](C)c2ccc(F)cc2)c1. The molecular weight excluding hydrogens is 295 g/mol. The lowest BCUT2D eigenvalue weighted by Crippen LogP contribution is -2.38. The minimum Gasteiger partial charge on any atom is -0.497 e. The van der Waals surface area contributed by atoms with E-state index in [4.69, 9.17) is 4.74 Å². The number of methoxy groups -OCH3 is 1. The minimum absolute atomic E-state index is 0.152. The molecule has 1 atom stereocenters. The maximum absolute atomic E-state index is 13.0. The fourth-order valence-electron chi connectivity index (χ4n) is 2.23. The third-order valence-electron chi connectivity index (χ3n) is 3.83. The second-order valence-corrected chi connectivity index (χ2v) is 5.35. The Morgan fingerprint density at radius 2 is 1.96 bits per heavy atom. The molecule has 4 nitrogen and oxygen atoms in total. The first-order valence-electron chi connectivity index (χ1n) is 7.40. The molecule has 0 aliphatic heterocycles. The van der Waals surface area contributed by atoms with Gasteiger partial charge in [0.25, 0.3) is 0 Å². The van der Waals surface area contributed by atoms with Gasteiger partial charge in [0.05, 0.1) is 13.2 Å². The number of carbonyl (C=O) groups excluding carboxylic acids is 1. The summed E-state index contributed by atoms with van der Waals surface area (Å²) >= 11 is 0. The van der Waals surface area contributed by atoms with Crippen LogP contribution in [0, 0.1) is 5.82 Å². The van der Waals surface area contributed by atoms with Crippen molar-refractivity contribution in [2.24, 2.45) is 0 Å². The van der Waals surface area contributed by atoms with Crippen molar-refractivity contribution in [3.8, 4) is 5.75 Å². The van der Waals surface area contributed by atoms with Crippen molar-refractivity contribution in [1.29, 1.82) is 0 Å². The highest BCUT2D eigenvalue weighted by molar-refractivity contribution is 5.74. The number of halogens is 1. The molecule has 23 heavy (non-hydrogen) atoms. The number of urea groups is 1. The third kappa shape index (κ3) is 4.45. The van der Waals surface area contributed by atoms with E-state index in [1.165, 1.54) is 12.1 Å². The molecule has 0 aliphatic rings. The summed E-state index contributed by atoms with van der Waals surface area (Å²) in [6, 6.07) is 13.4. The van der Waals surface area contributed by atoms with E-state index < -0.39 is 0 Å². The molecule has 0 heterocycles. The summed E-state index contributed by atoms with van der Waals surface area (Å²) in [6.07, 6.45) is 0. The van der Waals surface area contributed by atoms with Crippen LogP contribution in [0.2, 0.25) is 0 Å². The van der Waals surface area contributed by atoms with E-state index in [0.29, 0.717) is 6.54 Å². The Morgan fingerprint density at radius 3 is 2.61 bits per heavy atom. The van der Waals surface area contributed by atoms with Crippen molar-refractivity contribution < 1.29 is 13.9 Å². The van der Waals surface area contributed by atoms with Crippen LogP contribution in [0.15, 0.2) is 48.5 Å². The first-order chi connectivity index (χ1) is 11.0. The molecule has 0 aromatic heterocycles. The van der Waals surface area contributed by atoms with Crippen LogP contribution < -0.4 is 10.1 Å². The molecule has 1 N–H and O–H groups in total. The van der Waals surface area contributed by atoms with Gasteiger partial charge in [0, 0.05) is 13.6 Å². The van der Waals surface area contributed by atoms with Gasteiger partial charge in [-0.1, -0.05) is 24.3 Å². The number of hydrogen-bond acceptors (Lipinski definition) is 2. The van der Waals surface area contributed by atoms with Crippen molar-refractivity contribution >= 4 is 6.03 Å². The molecule has 0 saturated carbocycles. The topological polar surface area (TPSA) is 41.6 Å². The van der Waals surface area contributed by atoms with Gasteiger partial charge in [0.2, 0.25) is 0 Å². The molecule has 5 heteroatoms. The number of rotatable bonds is 5. The average molecular weight is 316 g/mol. The van der Waals surface area contributed by atoms with E-state index in [9.17, 15) is 9.18 Å². The molecule has 0 spiro atoms. The van der Waals surface area contributed by atoms with Gasteiger partial charge >= 0.3 is 6.03 Å². The van der Waals surface area contributed by atoms with Gasteiger partial charge in [-0.05, 0) is 42.3 Å². The normalized spacial score (nSPS) is 11.7. The number of benzene rings is 2. The molecule has 0 bridgehead atoms. The molecule has 2 aromatic rings. The minimum atomic E-state index is -0.286. The number of hydrogen-bond donors (Lipinski definition) is 1. The van der Waals surface area contributed by atoms with Crippen molar-refractivity contribution in [2.75, 3.05) is 14.2 Å². The summed E-state index contributed by atoms with van der Waals surface area (Å²) < 4.78 is 18.1. The Bertz CT molecular complexity index is 658. The first-order valence-corrected chi connectivity index (χ1v) is 7.40. The lowest BCUT2D eigenvalue weighted by atomic mass is 10.1. The number of nitrogens with one attached hydrogen (secondary N) is 1. The van der Waals surface area contributed by atoms with Crippen molar-refractivity contribution in [2.45, 2.75) is 19.5 Å². The van der Waals surface area contributed by atoms with E-state index in [0.717, 1.165) is 16.9 Å². The van der Waals surface area contributed by atoms with Crippen molar-refractivity contribution in [3.05, 3.63) is 65.5 Å². The second kappa shape index (κ2) is 7.63. The summed E-state index contributed by atoms with van der Waals surface area (Å²) in [5.74, 6) is 0.468. The summed E-state index contributed by atoms with van der Waals surface area (Å²) in [5.41, 5.74) is 1.84. The Morgan fingerprint density at radius 1 is 1.26 bits per heavy atom.